The number of amides is 2. The number of anilines is 2. The molecule has 35 heavy (non-hydrogen) atoms. The number of carbonyl (C=O) groups is 2. The average molecular weight is 476 g/mol. The molecule has 1 aromatic heterocycles. The molecule has 0 bridgehead atoms. The predicted octanol–water partition coefficient (Wildman–Crippen LogP) is 4.55. The van der Waals surface area contributed by atoms with Gasteiger partial charge >= 0.3 is 6.03 Å². The van der Waals surface area contributed by atoms with Crippen molar-refractivity contribution in [3.8, 4) is 0 Å². The third-order valence-electron chi connectivity index (χ3n) is 5.58. The Morgan fingerprint density at radius 2 is 1.91 bits per heavy atom. The molecule has 4 N–H and O–H groups in total. The summed E-state index contributed by atoms with van der Waals surface area (Å²) < 4.78 is 13.9. The standard InChI is InChI=1S/C24H22FN5O.C2H4O2/c25-18-10-9-17-11-19(15-30(23(17)12-18)14-16-5-2-1-3-6-16)27-24(31)28-21-7-4-8-22-20(21)13-26-29-22;1-2(3)4/h1-10,12-13,19H,11,14-15H2,(H,26,29)(H2,27,28,31);1H3,(H,3,4). The van der Waals surface area contributed by atoms with Crippen molar-refractivity contribution in [1.82, 2.24) is 15.5 Å². The van der Waals surface area contributed by atoms with Crippen molar-refractivity contribution in [2.45, 2.75) is 25.9 Å². The summed E-state index contributed by atoms with van der Waals surface area (Å²) >= 11 is 0. The molecule has 180 valence electrons. The number of carboxylic acids is 1. The van der Waals surface area contributed by atoms with Gasteiger partial charge < -0.3 is 20.6 Å². The lowest BCUT2D eigenvalue weighted by Gasteiger charge is -2.36. The first-order chi connectivity index (χ1) is 16.9. The Kier molecular flexibility index (Phi) is 7.25. The van der Waals surface area contributed by atoms with Crippen LogP contribution in [0.3, 0.4) is 0 Å². The van der Waals surface area contributed by atoms with Gasteiger partial charge in [-0.1, -0.05) is 42.5 Å². The molecule has 0 fully saturated rings. The highest BCUT2D eigenvalue weighted by atomic mass is 19.1. The van der Waals surface area contributed by atoms with E-state index in [1.165, 1.54) is 6.07 Å². The summed E-state index contributed by atoms with van der Waals surface area (Å²) in [5.41, 5.74) is 4.59. The molecule has 0 saturated heterocycles. The Balaban J connectivity index is 0.000000672. The first-order valence-corrected chi connectivity index (χ1v) is 11.2. The first kappa shape index (κ1) is 23.7. The average Bonchev–Trinajstić information content (AvgIpc) is 3.30. The molecular weight excluding hydrogens is 449 g/mol. The number of aromatic amines is 1. The number of aliphatic carboxylic acids is 1. The van der Waals surface area contributed by atoms with Crippen LogP contribution in [-0.2, 0) is 17.8 Å². The van der Waals surface area contributed by atoms with Gasteiger partial charge in [-0.15, -0.1) is 0 Å². The molecule has 2 heterocycles. The zero-order valence-electron chi connectivity index (χ0n) is 19.2. The van der Waals surface area contributed by atoms with Gasteiger partial charge in [0.1, 0.15) is 5.82 Å². The van der Waals surface area contributed by atoms with Crippen molar-refractivity contribution in [2.24, 2.45) is 0 Å². The highest BCUT2D eigenvalue weighted by molar-refractivity contribution is 6.00. The lowest BCUT2D eigenvalue weighted by Crippen LogP contribution is -2.49. The molecule has 0 spiro atoms. The Hall–Kier alpha value is -4.40. The highest BCUT2D eigenvalue weighted by Crippen LogP contribution is 2.29. The molecule has 1 aliphatic rings. The van der Waals surface area contributed by atoms with Crippen molar-refractivity contribution < 1.29 is 19.1 Å². The summed E-state index contributed by atoms with van der Waals surface area (Å²) in [4.78, 5) is 23.9. The quantitative estimate of drug-likeness (QED) is 0.346. The van der Waals surface area contributed by atoms with Crippen LogP contribution in [0, 0.1) is 5.82 Å². The fourth-order valence-electron chi connectivity index (χ4n) is 4.17. The monoisotopic (exact) mass is 475 g/mol. The lowest BCUT2D eigenvalue weighted by molar-refractivity contribution is -0.134. The van der Waals surface area contributed by atoms with Crippen molar-refractivity contribution in [3.05, 3.63) is 89.9 Å². The van der Waals surface area contributed by atoms with Crippen LogP contribution in [0.4, 0.5) is 20.6 Å². The molecule has 1 aliphatic heterocycles. The van der Waals surface area contributed by atoms with Gasteiger partial charge in [0.15, 0.2) is 0 Å². The Labute approximate surface area is 201 Å². The summed E-state index contributed by atoms with van der Waals surface area (Å²) in [7, 11) is 0. The third kappa shape index (κ3) is 6.14. The number of halogens is 1. The zero-order chi connectivity index (χ0) is 24.8. The fraction of sp³-hybridized carbons (Fsp3) is 0.192. The number of fused-ring (bicyclic) bond motifs is 2. The van der Waals surface area contributed by atoms with Crippen molar-refractivity contribution in [1.29, 1.82) is 0 Å². The Morgan fingerprint density at radius 1 is 1.14 bits per heavy atom. The number of benzene rings is 3. The van der Waals surface area contributed by atoms with E-state index < -0.39 is 5.97 Å². The van der Waals surface area contributed by atoms with Gasteiger partial charge in [-0.2, -0.15) is 5.10 Å². The molecule has 1 unspecified atom stereocenters. The summed E-state index contributed by atoms with van der Waals surface area (Å²) in [6.07, 6.45) is 2.34. The van der Waals surface area contributed by atoms with Crippen LogP contribution in [0.5, 0.6) is 0 Å². The number of rotatable bonds is 4. The van der Waals surface area contributed by atoms with Crippen molar-refractivity contribution >= 4 is 34.3 Å². The molecule has 0 radical (unpaired) electrons. The molecule has 4 aromatic rings. The van der Waals surface area contributed by atoms with E-state index in [1.807, 2.05) is 48.5 Å². The molecule has 5 rings (SSSR count). The van der Waals surface area contributed by atoms with Crippen molar-refractivity contribution in [2.75, 3.05) is 16.8 Å². The number of aromatic nitrogens is 2. The predicted molar refractivity (Wildman–Crippen MR) is 133 cm³/mol. The molecule has 9 heteroatoms. The maximum absolute atomic E-state index is 13.9. The minimum absolute atomic E-state index is 0.106. The van der Waals surface area contributed by atoms with E-state index in [-0.39, 0.29) is 17.9 Å². The number of hydrogen-bond acceptors (Lipinski definition) is 4. The maximum Gasteiger partial charge on any atom is 0.319 e. The second-order valence-electron chi connectivity index (χ2n) is 8.29. The van der Waals surface area contributed by atoms with E-state index in [2.05, 4.69) is 25.7 Å². The molecule has 0 aliphatic carbocycles. The van der Waals surface area contributed by atoms with Gasteiger partial charge in [0.05, 0.1) is 23.4 Å². The molecule has 8 nitrogen and oxygen atoms in total. The largest absolute Gasteiger partial charge is 0.481 e. The van der Waals surface area contributed by atoms with E-state index in [0.717, 1.165) is 34.6 Å². The van der Waals surface area contributed by atoms with Crippen LogP contribution in [0.1, 0.15) is 18.1 Å². The normalized spacial score (nSPS) is 14.5. The van der Waals surface area contributed by atoms with Crippen LogP contribution in [0.15, 0.2) is 72.9 Å². The van der Waals surface area contributed by atoms with Gasteiger partial charge in [-0.05, 0) is 41.8 Å². The molecule has 0 saturated carbocycles. The minimum atomic E-state index is -0.833. The smallest absolute Gasteiger partial charge is 0.319 e. The first-order valence-electron chi connectivity index (χ1n) is 11.2. The molecule has 3 aromatic carbocycles. The van der Waals surface area contributed by atoms with Gasteiger partial charge in [0, 0.05) is 31.1 Å². The zero-order valence-corrected chi connectivity index (χ0v) is 19.2. The molecule has 2 amide bonds. The number of urea groups is 1. The number of carboxylic acid groups (broad SMARTS) is 1. The van der Waals surface area contributed by atoms with Gasteiger partial charge in [-0.25, -0.2) is 9.18 Å². The van der Waals surface area contributed by atoms with Gasteiger partial charge in [-0.3, -0.25) is 9.89 Å². The molecular formula is C26H26FN5O3. The van der Waals surface area contributed by atoms with E-state index >= 15 is 0 Å². The number of nitrogens with zero attached hydrogens (tertiary/aromatic N) is 2. The summed E-state index contributed by atoms with van der Waals surface area (Å²) in [5.74, 6) is -1.09. The highest BCUT2D eigenvalue weighted by Gasteiger charge is 2.26. The SMILES string of the molecule is CC(=O)O.O=C(Nc1cccc2[nH]ncc12)NC1Cc2ccc(F)cc2N(Cc2ccccc2)C1. The number of hydrogen-bond donors (Lipinski definition) is 4. The number of H-pyrrole nitrogens is 1. The van der Waals surface area contributed by atoms with Crippen LogP contribution >= 0.6 is 0 Å². The van der Waals surface area contributed by atoms with Crippen LogP contribution < -0.4 is 15.5 Å². The van der Waals surface area contributed by atoms with Gasteiger partial charge in [0.2, 0.25) is 0 Å². The van der Waals surface area contributed by atoms with E-state index in [1.54, 1.807) is 18.3 Å². The lowest BCUT2D eigenvalue weighted by atomic mass is 9.97. The Morgan fingerprint density at radius 3 is 2.69 bits per heavy atom. The number of carbonyl (C=O) groups excluding carboxylic acids is 1. The van der Waals surface area contributed by atoms with E-state index in [9.17, 15) is 9.18 Å². The molecule has 1 atom stereocenters. The second kappa shape index (κ2) is 10.7. The third-order valence-corrected chi connectivity index (χ3v) is 5.58. The summed E-state index contributed by atoms with van der Waals surface area (Å²) in [6, 6.07) is 20.2. The number of nitrogens with one attached hydrogen (secondary N) is 3. The fourth-order valence-corrected chi connectivity index (χ4v) is 4.17. The van der Waals surface area contributed by atoms with E-state index in [0.29, 0.717) is 25.2 Å². The second-order valence-corrected chi connectivity index (χ2v) is 8.29. The Bertz CT molecular complexity index is 1320. The van der Waals surface area contributed by atoms with Crippen molar-refractivity contribution in [3.63, 3.8) is 0 Å². The van der Waals surface area contributed by atoms with Crippen LogP contribution in [-0.4, -0.2) is 39.9 Å². The summed E-state index contributed by atoms with van der Waals surface area (Å²) in [6.45, 7) is 2.32. The van der Waals surface area contributed by atoms with Crippen LogP contribution in [0.2, 0.25) is 0 Å². The summed E-state index contributed by atoms with van der Waals surface area (Å²) in [5, 5.41) is 21.2. The van der Waals surface area contributed by atoms with Crippen LogP contribution in [0.25, 0.3) is 10.9 Å². The topological polar surface area (TPSA) is 110 Å². The van der Waals surface area contributed by atoms with E-state index in [4.69, 9.17) is 9.90 Å². The van der Waals surface area contributed by atoms with Gasteiger partial charge in [0.25, 0.3) is 5.97 Å². The minimum Gasteiger partial charge on any atom is -0.481 e. The maximum atomic E-state index is 13.9.